The van der Waals surface area contributed by atoms with E-state index in [9.17, 15) is 0 Å². The van der Waals surface area contributed by atoms with Crippen molar-refractivity contribution >= 4 is 58.4 Å². The zero-order valence-electron chi connectivity index (χ0n) is 14.8. The highest BCUT2D eigenvalue weighted by Crippen LogP contribution is 2.43. The summed E-state index contributed by atoms with van der Waals surface area (Å²) < 4.78 is 36.2. The summed E-state index contributed by atoms with van der Waals surface area (Å²) in [6, 6.07) is 0. The summed E-state index contributed by atoms with van der Waals surface area (Å²) in [5.74, 6) is 1.57. The van der Waals surface area contributed by atoms with E-state index in [1.54, 1.807) is 60.4 Å². The lowest BCUT2D eigenvalue weighted by molar-refractivity contribution is -0.158. The Kier molecular flexibility index (Phi) is 12.2. The highest BCUT2D eigenvalue weighted by molar-refractivity contribution is 8.05. The van der Waals surface area contributed by atoms with Crippen LogP contribution in [-0.2, 0) is 28.4 Å². The van der Waals surface area contributed by atoms with Crippen molar-refractivity contribution in [3.63, 3.8) is 0 Å². The average Bonchev–Trinajstić information content (AvgIpc) is 2.97. The molecule has 1 aromatic heterocycles. The van der Waals surface area contributed by atoms with Gasteiger partial charge >= 0.3 is 0 Å². The predicted octanol–water partition coefficient (Wildman–Crippen LogP) is 3.75. The summed E-state index contributed by atoms with van der Waals surface area (Å²) >= 11 is 12.2. The third-order valence-corrected chi connectivity index (χ3v) is 9.04. The molecular formula is C15H24O6S5. The lowest BCUT2D eigenvalue weighted by atomic mass is 10.2. The fourth-order valence-electron chi connectivity index (χ4n) is 1.95. The molecule has 0 spiro atoms. The molecule has 0 fully saturated rings. The third-order valence-electron chi connectivity index (χ3n) is 3.29. The molecule has 1 aliphatic rings. The molecule has 1 aromatic rings. The minimum Gasteiger partial charge on any atom is -0.382 e. The molecule has 26 heavy (non-hydrogen) atoms. The lowest BCUT2D eigenvalue weighted by Gasteiger charge is -2.28. The number of fused-ring (bicyclic) bond motifs is 1. The van der Waals surface area contributed by atoms with Gasteiger partial charge in [0.25, 0.3) is 0 Å². The van der Waals surface area contributed by atoms with E-state index in [0.29, 0.717) is 26.4 Å². The molecule has 0 radical (unpaired) electrons. The first-order valence-corrected chi connectivity index (χ1v) is 12.0. The zero-order valence-corrected chi connectivity index (χ0v) is 18.9. The Morgan fingerprint density at radius 3 is 1.69 bits per heavy atom. The van der Waals surface area contributed by atoms with Gasteiger partial charge in [0.2, 0.25) is 0 Å². The van der Waals surface area contributed by atoms with E-state index >= 15 is 0 Å². The summed E-state index contributed by atoms with van der Waals surface area (Å²) in [5, 5.41) is 0. The summed E-state index contributed by atoms with van der Waals surface area (Å²) in [6.07, 6.45) is -0.176. The molecule has 150 valence electrons. The molecule has 2 rings (SSSR count). The third kappa shape index (κ3) is 8.39. The first-order chi connectivity index (χ1) is 12.7. The highest BCUT2D eigenvalue weighted by Gasteiger charge is 2.28. The van der Waals surface area contributed by atoms with Gasteiger partial charge < -0.3 is 28.4 Å². The largest absolute Gasteiger partial charge is 0.382 e. The van der Waals surface area contributed by atoms with Crippen LogP contribution in [0.4, 0.5) is 0 Å². The Bertz CT molecular complexity index is 506. The SMILES string of the molecule is COCCOCO[C@H]1CSc2sc(=S)sc2SC[C@@H]1OCOCCOC. The van der Waals surface area contributed by atoms with Gasteiger partial charge in [0, 0.05) is 25.7 Å². The fourth-order valence-corrected chi connectivity index (χ4v) is 8.29. The van der Waals surface area contributed by atoms with Crippen molar-refractivity contribution in [2.75, 3.05) is 65.7 Å². The fraction of sp³-hybridized carbons (Fsp3) is 0.800. The van der Waals surface area contributed by atoms with E-state index in [2.05, 4.69) is 0 Å². The molecule has 0 unspecified atom stereocenters. The number of rotatable bonds is 12. The summed E-state index contributed by atoms with van der Waals surface area (Å²) in [5.41, 5.74) is 0. The van der Waals surface area contributed by atoms with Crippen molar-refractivity contribution in [2.24, 2.45) is 0 Å². The van der Waals surface area contributed by atoms with E-state index in [-0.39, 0.29) is 25.8 Å². The second-order valence-corrected chi connectivity index (χ2v) is 10.9. The summed E-state index contributed by atoms with van der Waals surface area (Å²) in [4.78, 5) is 0. The van der Waals surface area contributed by atoms with Crippen molar-refractivity contribution < 1.29 is 28.4 Å². The van der Waals surface area contributed by atoms with Crippen LogP contribution in [0.3, 0.4) is 0 Å². The van der Waals surface area contributed by atoms with Gasteiger partial charge in [-0.1, -0.05) is 12.2 Å². The van der Waals surface area contributed by atoms with Gasteiger partial charge in [-0.05, 0) is 0 Å². The van der Waals surface area contributed by atoms with Crippen molar-refractivity contribution in [3.05, 3.63) is 3.14 Å². The molecule has 2 atom stereocenters. The molecule has 0 bridgehead atoms. The maximum Gasteiger partial charge on any atom is 0.147 e. The molecule has 11 heteroatoms. The van der Waals surface area contributed by atoms with Crippen LogP contribution in [0.15, 0.2) is 8.42 Å². The van der Waals surface area contributed by atoms with Crippen LogP contribution in [0, 0.1) is 3.14 Å². The second-order valence-electron chi connectivity index (χ2n) is 5.10. The topological polar surface area (TPSA) is 55.4 Å². The molecule has 0 amide bonds. The Balaban J connectivity index is 1.88. The minimum absolute atomic E-state index is 0.0881. The molecule has 0 saturated heterocycles. The van der Waals surface area contributed by atoms with Crippen LogP contribution >= 0.6 is 58.4 Å². The van der Waals surface area contributed by atoms with E-state index in [1.165, 1.54) is 8.42 Å². The maximum atomic E-state index is 5.94. The average molecular weight is 461 g/mol. The standard InChI is InChI=1S/C15H24O6S5/c1-16-3-5-18-9-20-11-7-23-13-14(26-15(22)25-13)24-8-12(11)21-10-19-6-4-17-2/h11-12H,3-10H2,1-2H3/t11-,12-/m0/s1. The molecule has 2 heterocycles. The number of hydrogen-bond acceptors (Lipinski definition) is 11. The van der Waals surface area contributed by atoms with Crippen molar-refractivity contribution in [1.82, 2.24) is 0 Å². The van der Waals surface area contributed by atoms with Crippen LogP contribution < -0.4 is 0 Å². The minimum atomic E-state index is -0.0881. The first-order valence-electron chi connectivity index (χ1n) is 8.00. The van der Waals surface area contributed by atoms with Gasteiger partial charge in [-0.3, -0.25) is 0 Å². The van der Waals surface area contributed by atoms with Gasteiger partial charge in [0.05, 0.1) is 47.1 Å². The normalized spacial score (nSPS) is 20.5. The monoisotopic (exact) mass is 460 g/mol. The number of thioether (sulfide) groups is 2. The Hall–Kier alpha value is 0.730. The van der Waals surface area contributed by atoms with Crippen molar-refractivity contribution in [2.45, 2.75) is 20.6 Å². The van der Waals surface area contributed by atoms with E-state index in [4.69, 9.17) is 40.6 Å². The van der Waals surface area contributed by atoms with E-state index < -0.39 is 0 Å². The van der Waals surface area contributed by atoms with Crippen LogP contribution in [0.2, 0.25) is 0 Å². The van der Waals surface area contributed by atoms with Crippen LogP contribution in [0.5, 0.6) is 0 Å². The smallest absolute Gasteiger partial charge is 0.147 e. The lowest BCUT2D eigenvalue weighted by Crippen LogP contribution is -2.37. The zero-order chi connectivity index (χ0) is 18.6. The molecular weight excluding hydrogens is 436 g/mol. The van der Waals surface area contributed by atoms with Gasteiger partial charge in [0.1, 0.15) is 16.7 Å². The Morgan fingerprint density at radius 1 is 0.808 bits per heavy atom. The molecule has 0 saturated carbocycles. The molecule has 0 aromatic carbocycles. The Labute approximate surface area is 175 Å². The summed E-state index contributed by atoms with van der Waals surface area (Å²) in [6.45, 7) is 2.55. The number of hydrogen-bond donors (Lipinski definition) is 0. The first kappa shape index (κ1) is 23.0. The van der Waals surface area contributed by atoms with E-state index in [0.717, 1.165) is 14.6 Å². The van der Waals surface area contributed by atoms with Gasteiger partial charge in [-0.2, -0.15) is 0 Å². The van der Waals surface area contributed by atoms with Gasteiger partial charge in [-0.15, -0.1) is 46.2 Å². The van der Waals surface area contributed by atoms with Gasteiger partial charge in [0.15, 0.2) is 0 Å². The molecule has 0 aliphatic carbocycles. The van der Waals surface area contributed by atoms with Gasteiger partial charge in [-0.25, -0.2) is 0 Å². The second kappa shape index (κ2) is 13.8. The summed E-state index contributed by atoms with van der Waals surface area (Å²) in [7, 11) is 3.29. The van der Waals surface area contributed by atoms with Crippen LogP contribution in [-0.4, -0.2) is 77.9 Å². The van der Waals surface area contributed by atoms with Crippen molar-refractivity contribution in [1.29, 1.82) is 0 Å². The quantitative estimate of drug-likeness (QED) is 0.264. The molecule has 1 aliphatic heterocycles. The highest BCUT2D eigenvalue weighted by atomic mass is 32.2. The van der Waals surface area contributed by atoms with E-state index in [1.807, 2.05) is 0 Å². The number of methoxy groups -OCH3 is 2. The van der Waals surface area contributed by atoms with Crippen LogP contribution in [0.25, 0.3) is 0 Å². The molecule has 6 nitrogen and oxygen atoms in total. The van der Waals surface area contributed by atoms with Crippen LogP contribution in [0.1, 0.15) is 0 Å². The van der Waals surface area contributed by atoms with Crippen molar-refractivity contribution in [3.8, 4) is 0 Å². The Morgan fingerprint density at radius 2 is 1.27 bits per heavy atom. The molecule has 0 N–H and O–H groups in total. The number of ether oxygens (including phenoxy) is 6. The maximum absolute atomic E-state index is 5.94. The predicted molar refractivity (Wildman–Crippen MR) is 110 cm³/mol.